The first-order valence-electron chi connectivity index (χ1n) is 4.98. The Morgan fingerprint density at radius 3 is 2.78 bits per heavy atom. The van der Waals surface area contributed by atoms with Gasteiger partial charge in [0.2, 0.25) is 0 Å². The standard InChI is InChI=1S/C12H8F2N2O2/c13-8-2-1-3-9(11(8)14)16-10-6-7(12(17)18)4-5-15-10/h1-6H,(H,15,16)(H,17,18). The van der Waals surface area contributed by atoms with Crippen LogP contribution in [-0.4, -0.2) is 16.1 Å². The second kappa shape index (κ2) is 4.79. The number of pyridine rings is 1. The van der Waals surface area contributed by atoms with E-state index in [0.29, 0.717) is 0 Å². The number of benzene rings is 1. The summed E-state index contributed by atoms with van der Waals surface area (Å²) in [5.74, 6) is -3.03. The molecule has 0 aliphatic heterocycles. The number of hydrogen-bond donors (Lipinski definition) is 2. The molecule has 2 N–H and O–H groups in total. The van der Waals surface area contributed by atoms with Crippen LogP contribution in [0.5, 0.6) is 0 Å². The predicted molar refractivity (Wildman–Crippen MR) is 60.8 cm³/mol. The van der Waals surface area contributed by atoms with Gasteiger partial charge in [-0.2, -0.15) is 0 Å². The summed E-state index contributed by atoms with van der Waals surface area (Å²) in [5, 5.41) is 11.3. The second-order valence-corrected chi connectivity index (χ2v) is 3.46. The van der Waals surface area contributed by atoms with Crippen LogP contribution in [0.4, 0.5) is 20.3 Å². The van der Waals surface area contributed by atoms with Gasteiger partial charge < -0.3 is 10.4 Å². The Morgan fingerprint density at radius 2 is 2.06 bits per heavy atom. The molecule has 2 rings (SSSR count). The minimum atomic E-state index is -1.12. The monoisotopic (exact) mass is 250 g/mol. The Morgan fingerprint density at radius 1 is 1.28 bits per heavy atom. The van der Waals surface area contributed by atoms with E-state index in [0.717, 1.165) is 6.07 Å². The van der Waals surface area contributed by atoms with E-state index in [2.05, 4.69) is 10.3 Å². The van der Waals surface area contributed by atoms with Gasteiger partial charge in [-0.1, -0.05) is 6.07 Å². The Balaban J connectivity index is 2.31. The molecule has 4 nitrogen and oxygen atoms in total. The lowest BCUT2D eigenvalue weighted by atomic mass is 10.2. The first kappa shape index (κ1) is 12.0. The molecule has 0 unspecified atom stereocenters. The zero-order valence-electron chi connectivity index (χ0n) is 9.02. The fraction of sp³-hybridized carbons (Fsp3) is 0. The second-order valence-electron chi connectivity index (χ2n) is 3.46. The van der Waals surface area contributed by atoms with Crippen LogP contribution in [-0.2, 0) is 0 Å². The predicted octanol–water partition coefficient (Wildman–Crippen LogP) is 2.80. The molecular formula is C12H8F2N2O2. The molecule has 0 bridgehead atoms. The van der Waals surface area contributed by atoms with Crippen LogP contribution in [0.1, 0.15) is 10.4 Å². The molecule has 0 radical (unpaired) electrons. The Bertz CT molecular complexity index is 602. The molecule has 0 aliphatic carbocycles. The highest BCUT2D eigenvalue weighted by atomic mass is 19.2. The molecule has 1 heterocycles. The Kier molecular flexibility index (Phi) is 3.18. The molecule has 0 amide bonds. The van der Waals surface area contributed by atoms with Gasteiger partial charge in [-0.05, 0) is 24.3 Å². The molecule has 0 spiro atoms. The number of rotatable bonds is 3. The first-order valence-corrected chi connectivity index (χ1v) is 4.98. The van der Waals surface area contributed by atoms with Crippen molar-refractivity contribution in [3.05, 3.63) is 53.7 Å². The quantitative estimate of drug-likeness (QED) is 0.879. The molecule has 0 saturated heterocycles. The number of hydrogen-bond acceptors (Lipinski definition) is 3. The summed E-state index contributed by atoms with van der Waals surface area (Å²) in [6.45, 7) is 0. The summed E-state index contributed by atoms with van der Waals surface area (Å²) in [5.41, 5.74) is -0.102. The van der Waals surface area contributed by atoms with E-state index < -0.39 is 17.6 Å². The van der Waals surface area contributed by atoms with Crippen molar-refractivity contribution >= 4 is 17.5 Å². The molecule has 2 aromatic rings. The number of aromatic nitrogens is 1. The lowest BCUT2D eigenvalue weighted by Crippen LogP contribution is -2.01. The normalized spacial score (nSPS) is 10.1. The summed E-state index contributed by atoms with van der Waals surface area (Å²) >= 11 is 0. The molecule has 0 aliphatic rings. The van der Waals surface area contributed by atoms with Crippen LogP contribution in [0.2, 0.25) is 0 Å². The van der Waals surface area contributed by atoms with Crippen LogP contribution in [0.15, 0.2) is 36.5 Å². The molecule has 0 fully saturated rings. The van der Waals surface area contributed by atoms with Crippen molar-refractivity contribution in [1.82, 2.24) is 4.98 Å². The smallest absolute Gasteiger partial charge is 0.335 e. The molecule has 1 aromatic carbocycles. The summed E-state index contributed by atoms with van der Waals surface area (Å²) < 4.78 is 26.3. The minimum absolute atomic E-state index is 0.00399. The summed E-state index contributed by atoms with van der Waals surface area (Å²) in [4.78, 5) is 14.6. The van der Waals surface area contributed by atoms with Gasteiger partial charge in [0.05, 0.1) is 11.3 Å². The van der Waals surface area contributed by atoms with Crippen molar-refractivity contribution < 1.29 is 18.7 Å². The number of carboxylic acid groups (broad SMARTS) is 1. The van der Waals surface area contributed by atoms with Crippen molar-refractivity contribution in [3.8, 4) is 0 Å². The van der Waals surface area contributed by atoms with Crippen LogP contribution in [0.25, 0.3) is 0 Å². The molecule has 0 saturated carbocycles. The zero-order valence-corrected chi connectivity index (χ0v) is 9.02. The van der Waals surface area contributed by atoms with E-state index in [1.165, 1.54) is 30.5 Å². The van der Waals surface area contributed by atoms with Crippen molar-refractivity contribution in [2.75, 3.05) is 5.32 Å². The van der Waals surface area contributed by atoms with Crippen LogP contribution in [0.3, 0.4) is 0 Å². The summed E-state index contributed by atoms with van der Waals surface area (Å²) in [6, 6.07) is 6.18. The maximum absolute atomic E-state index is 13.4. The fourth-order valence-electron chi connectivity index (χ4n) is 1.37. The highest BCUT2D eigenvalue weighted by Crippen LogP contribution is 2.20. The maximum atomic E-state index is 13.4. The highest BCUT2D eigenvalue weighted by Gasteiger charge is 2.09. The van der Waals surface area contributed by atoms with Crippen molar-refractivity contribution in [2.24, 2.45) is 0 Å². The molecule has 0 atom stereocenters. The average Bonchev–Trinajstić information content (AvgIpc) is 2.35. The Hall–Kier alpha value is -2.50. The van der Waals surface area contributed by atoms with Crippen LogP contribution >= 0.6 is 0 Å². The number of halogens is 2. The van der Waals surface area contributed by atoms with Crippen molar-refractivity contribution in [1.29, 1.82) is 0 Å². The molecule has 1 aromatic heterocycles. The van der Waals surface area contributed by atoms with E-state index in [4.69, 9.17) is 5.11 Å². The number of nitrogens with one attached hydrogen (secondary N) is 1. The third-order valence-electron chi connectivity index (χ3n) is 2.22. The minimum Gasteiger partial charge on any atom is -0.478 e. The van der Waals surface area contributed by atoms with Crippen molar-refractivity contribution in [2.45, 2.75) is 0 Å². The van der Waals surface area contributed by atoms with E-state index in [9.17, 15) is 13.6 Å². The summed E-state index contributed by atoms with van der Waals surface area (Å²) in [6.07, 6.45) is 1.27. The molecular weight excluding hydrogens is 242 g/mol. The molecule has 18 heavy (non-hydrogen) atoms. The van der Waals surface area contributed by atoms with Gasteiger partial charge >= 0.3 is 5.97 Å². The zero-order chi connectivity index (χ0) is 13.1. The van der Waals surface area contributed by atoms with Gasteiger partial charge in [-0.25, -0.2) is 18.6 Å². The first-order chi connectivity index (χ1) is 8.58. The van der Waals surface area contributed by atoms with E-state index in [-0.39, 0.29) is 17.1 Å². The largest absolute Gasteiger partial charge is 0.478 e. The van der Waals surface area contributed by atoms with Crippen LogP contribution in [0, 0.1) is 11.6 Å². The van der Waals surface area contributed by atoms with Gasteiger partial charge in [-0.3, -0.25) is 0 Å². The van der Waals surface area contributed by atoms with E-state index in [1.54, 1.807) is 0 Å². The van der Waals surface area contributed by atoms with Gasteiger partial charge in [0.15, 0.2) is 11.6 Å². The van der Waals surface area contributed by atoms with Gasteiger partial charge in [0, 0.05) is 6.20 Å². The highest BCUT2D eigenvalue weighted by molar-refractivity contribution is 5.88. The van der Waals surface area contributed by atoms with Gasteiger partial charge in [0.25, 0.3) is 0 Å². The number of carboxylic acids is 1. The maximum Gasteiger partial charge on any atom is 0.335 e. The fourth-order valence-corrected chi connectivity index (χ4v) is 1.37. The van der Waals surface area contributed by atoms with E-state index in [1.807, 2.05) is 0 Å². The number of carbonyl (C=O) groups is 1. The lowest BCUT2D eigenvalue weighted by molar-refractivity contribution is 0.0697. The van der Waals surface area contributed by atoms with Gasteiger partial charge in [-0.15, -0.1) is 0 Å². The number of anilines is 2. The summed E-state index contributed by atoms with van der Waals surface area (Å²) in [7, 11) is 0. The third-order valence-corrected chi connectivity index (χ3v) is 2.22. The Labute approximate surface area is 101 Å². The van der Waals surface area contributed by atoms with E-state index >= 15 is 0 Å². The topological polar surface area (TPSA) is 62.2 Å². The lowest BCUT2D eigenvalue weighted by Gasteiger charge is -2.07. The van der Waals surface area contributed by atoms with Crippen LogP contribution < -0.4 is 5.32 Å². The number of nitrogens with zero attached hydrogens (tertiary/aromatic N) is 1. The molecule has 6 heteroatoms. The SMILES string of the molecule is O=C(O)c1ccnc(Nc2cccc(F)c2F)c1. The third kappa shape index (κ3) is 2.42. The average molecular weight is 250 g/mol. The number of aromatic carboxylic acids is 1. The van der Waals surface area contributed by atoms with Crippen molar-refractivity contribution in [3.63, 3.8) is 0 Å². The molecule has 92 valence electrons. The van der Waals surface area contributed by atoms with Gasteiger partial charge in [0.1, 0.15) is 5.82 Å².